The van der Waals surface area contributed by atoms with Crippen LogP contribution in [0.3, 0.4) is 0 Å². The fourth-order valence-corrected chi connectivity index (χ4v) is 12.4. The predicted octanol–water partition coefficient (Wildman–Crippen LogP) is 8.06. The summed E-state index contributed by atoms with van der Waals surface area (Å²) in [5, 5.41) is 10.1. The second-order valence-corrected chi connectivity index (χ2v) is 15.5. The number of fused-ring (bicyclic) bond motifs is 6. The van der Waals surface area contributed by atoms with Gasteiger partial charge in [-0.25, -0.2) is 0 Å². The zero-order chi connectivity index (χ0) is 29.8. The Labute approximate surface area is 262 Å². The van der Waals surface area contributed by atoms with Crippen LogP contribution in [0, 0.1) is 0 Å². The lowest BCUT2D eigenvalue weighted by Gasteiger charge is -2.34. The first-order chi connectivity index (χ1) is 22.3. The van der Waals surface area contributed by atoms with Gasteiger partial charge in [-0.15, -0.1) is 0 Å². The van der Waals surface area contributed by atoms with E-state index in [4.69, 9.17) is 4.42 Å². The van der Waals surface area contributed by atoms with Gasteiger partial charge in [0.1, 0.15) is 11.2 Å². The van der Waals surface area contributed by atoms with E-state index in [1.54, 1.807) is 0 Å². The van der Waals surface area contributed by atoms with Gasteiger partial charge in [-0.05, 0) is 51.1 Å². The van der Waals surface area contributed by atoms with Gasteiger partial charge < -0.3 is 8.98 Å². The molecule has 9 aromatic rings. The van der Waals surface area contributed by atoms with Gasteiger partial charge in [0, 0.05) is 27.2 Å². The van der Waals surface area contributed by atoms with Crippen LogP contribution < -0.4 is 20.7 Å². The van der Waals surface area contributed by atoms with Gasteiger partial charge in [0.25, 0.3) is 0 Å². The van der Waals surface area contributed by atoms with Crippen molar-refractivity contribution in [3.8, 4) is 5.69 Å². The van der Waals surface area contributed by atoms with Gasteiger partial charge in [-0.3, -0.25) is 0 Å². The number of hydrogen-bond acceptors (Lipinski definition) is 1. The maximum absolute atomic E-state index is 6.80. The lowest BCUT2D eigenvalue weighted by Crippen LogP contribution is -2.74. The molecular weight excluding hydrogens is 563 g/mol. The van der Waals surface area contributed by atoms with Gasteiger partial charge in [-0.2, -0.15) is 0 Å². The molecule has 0 aliphatic carbocycles. The summed E-state index contributed by atoms with van der Waals surface area (Å²) in [4.78, 5) is 0. The Balaban J connectivity index is 1.42. The average Bonchev–Trinajstić information content (AvgIpc) is 3.66. The molecule has 2 nitrogen and oxygen atoms in total. The van der Waals surface area contributed by atoms with E-state index in [1.165, 1.54) is 42.6 Å². The molecular formula is C42H29NOSi. The van der Waals surface area contributed by atoms with E-state index < -0.39 is 8.07 Å². The van der Waals surface area contributed by atoms with Crippen molar-refractivity contribution in [2.24, 2.45) is 0 Å². The van der Waals surface area contributed by atoms with E-state index in [1.807, 2.05) is 0 Å². The Kier molecular flexibility index (Phi) is 5.87. The molecule has 0 spiro atoms. The van der Waals surface area contributed by atoms with Crippen LogP contribution in [0.4, 0.5) is 0 Å². The molecule has 0 fully saturated rings. The smallest absolute Gasteiger partial charge is 0.184 e. The molecule has 0 aliphatic rings. The number of rotatable bonds is 5. The number of furan rings is 1. The van der Waals surface area contributed by atoms with Gasteiger partial charge in [0.15, 0.2) is 8.07 Å². The Bertz CT molecular complexity index is 2400. The van der Waals surface area contributed by atoms with E-state index in [2.05, 4.69) is 180 Å². The third-order valence-corrected chi connectivity index (χ3v) is 14.1. The van der Waals surface area contributed by atoms with Crippen LogP contribution in [0.25, 0.3) is 49.4 Å². The summed E-state index contributed by atoms with van der Waals surface area (Å²) in [5.74, 6) is 0. The summed E-state index contributed by atoms with van der Waals surface area (Å²) in [7, 11) is -2.91. The van der Waals surface area contributed by atoms with Gasteiger partial charge in [0.2, 0.25) is 0 Å². The first-order valence-corrected chi connectivity index (χ1v) is 17.4. The van der Waals surface area contributed by atoms with E-state index in [0.717, 1.165) is 27.6 Å². The zero-order valence-corrected chi connectivity index (χ0v) is 25.6. The van der Waals surface area contributed by atoms with Crippen molar-refractivity contribution in [3.05, 3.63) is 176 Å². The molecule has 212 valence electrons. The molecule has 9 rings (SSSR count). The van der Waals surface area contributed by atoms with Gasteiger partial charge in [-0.1, -0.05) is 146 Å². The van der Waals surface area contributed by atoms with Crippen molar-refractivity contribution in [3.63, 3.8) is 0 Å². The quantitative estimate of drug-likeness (QED) is 0.146. The van der Waals surface area contributed by atoms with Crippen molar-refractivity contribution < 1.29 is 4.42 Å². The fraction of sp³-hybridized carbons (Fsp3) is 0. The Morgan fingerprint density at radius 2 is 0.911 bits per heavy atom. The second-order valence-electron chi connectivity index (χ2n) is 11.7. The fourth-order valence-electron chi connectivity index (χ4n) is 7.46. The zero-order valence-electron chi connectivity index (χ0n) is 24.6. The number of nitrogens with zero attached hydrogens (tertiary/aromatic N) is 1. The highest BCUT2D eigenvalue weighted by Gasteiger charge is 2.43. The predicted molar refractivity (Wildman–Crippen MR) is 192 cm³/mol. The van der Waals surface area contributed by atoms with Gasteiger partial charge >= 0.3 is 0 Å². The largest absolute Gasteiger partial charge is 0.456 e. The van der Waals surface area contributed by atoms with E-state index >= 15 is 0 Å². The SMILES string of the molecule is c1ccc([Si](c2ccccc2)(c2cccc(-n3c4ccccc4c4ccccc43)c2)c2cccc3c2oc2ccccc23)cc1. The van der Waals surface area contributed by atoms with Gasteiger partial charge in [0.05, 0.1) is 11.0 Å². The summed E-state index contributed by atoms with van der Waals surface area (Å²) >= 11 is 0. The molecule has 0 radical (unpaired) electrons. The first-order valence-electron chi connectivity index (χ1n) is 15.4. The van der Waals surface area contributed by atoms with Crippen LogP contribution in [0.15, 0.2) is 180 Å². The lowest BCUT2D eigenvalue weighted by molar-refractivity contribution is 0.671. The number of para-hydroxylation sites is 4. The molecule has 0 saturated carbocycles. The third kappa shape index (κ3) is 3.81. The Morgan fingerprint density at radius 3 is 1.58 bits per heavy atom. The molecule has 2 aromatic heterocycles. The van der Waals surface area contributed by atoms with Crippen molar-refractivity contribution in [2.75, 3.05) is 0 Å². The minimum absolute atomic E-state index is 0.919. The van der Waals surface area contributed by atoms with Crippen LogP contribution in [0.1, 0.15) is 0 Å². The van der Waals surface area contributed by atoms with E-state index in [-0.39, 0.29) is 0 Å². The summed E-state index contributed by atoms with van der Waals surface area (Å²) in [6.07, 6.45) is 0. The Morgan fingerprint density at radius 1 is 0.400 bits per heavy atom. The molecule has 45 heavy (non-hydrogen) atoms. The maximum Gasteiger partial charge on any atom is 0.184 e. The third-order valence-electron chi connectivity index (χ3n) is 9.34. The summed E-state index contributed by atoms with van der Waals surface area (Å²) in [6.45, 7) is 0. The van der Waals surface area contributed by atoms with Crippen LogP contribution >= 0.6 is 0 Å². The topological polar surface area (TPSA) is 18.1 Å². The van der Waals surface area contributed by atoms with Crippen LogP contribution in [-0.4, -0.2) is 12.6 Å². The number of aromatic nitrogens is 1. The standard InChI is InChI=1S/C42H29NOSi/c1-3-16-31(17-4-1)45(32-18-5-2-6-19-32,41-28-14-24-37-36-23-9-12-27-40(36)44-42(37)41)33-20-13-15-30(29-33)43-38-25-10-7-21-34(38)35-22-8-11-26-39(35)43/h1-29H. The lowest BCUT2D eigenvalue weighted by atomic mass is 10.1. The Hall–Kier alpha value is -5.64. The van der Waals surface area contributed by atoms with E-state index in [9.17, 15) is 0 Å². The summed E-state index contributed by atoms with van der Waals surface area (Å²) in [6, 6.07) is 64.0. The monoisotopic (exact) mass is 591 g/mol. The van der Waals surface area contributed by atoms with Crippen molar-refractivity contribution >= 4 is 72.6 Å². The normalized spacial score (nSPS) is 12.0. The molecule has 0 amide bonds. The first kappa shape index (κ1) is 25.8. The van der Waals surface area contributed by atoms with E-state index in [0.29, 0.717) is 0 Å². The van der Waals surface area contributed by atoms with Crippen molar-refractivity contribution in [1.29, 1.82) is 0 Å². The maximum atomic E-state index is 6.80. The highest BCUT2D eigenvalue weighted by molar-refractivity contribution is 7.20. The summed E-state index contributed by atoms with van der Waals surface area (Å²) in [5.41, 5.74) is 5.47. The molecule has 0 N–H and O–H groups in total. The minimum atomic E-state index is -2.91. The second kappa shape index (κ2) is 10.2. The molecule has 3 heteroatoms. The molecule has 2 heterocycles. The summed E-state index contributed by atoms with van der Waals surface area (Å²) < 4.78 is 9.22. The molecule has 0 aliphatic heterocycles. The van der Waals surface area contributed by atoms with Crippen LogP contribution in [-0.2, 0) is 0 Å². The number of hydrogen-bond donors (Lipinski definition) is 0. The van der Waals surface area contributed by atoms with Crippen molar-refractivity contribution in [2.45, 2.75) is 0 Å². The molecule has 0 unspecified atom stereocenters. The van der Waals surface area contributed by atoms with Crippen LogP contribution in [0.5, 0.6) is 0 Å². The highest BCUT2D eigenvalue weighted by Crippen LogP contribution is 2.32. The average molecular weight is 592 g/mol. The molecule has 0 atom stereocenters. The molecule has 7 aromatic carbocycles. The van der Waals surface area contributed by atoms with Crippen LogP contribution in [0.2, 0.25) is 0 Å². The molecule has 0 bridgehead atoms. The van der Waals surface area contributed by atoms with Crippen molar-refractivity contribution in [1.82, 2.24) is 4.57 Å². The number of benzene rings is 7. The molecule has 0 saturated heterocycles. The minimum Gasteiger partial charge on any atom is -0.456 e. The highest BCUT2D eigenvalue weighted by atomic mass is 28.3.